The van der Waals surface area contributed by atoms with E-state index < -0.39 is 0 Å². The van der Waals surface area contributed by atoms with E-state index >= 15 is 0 Å². The molecule has 0 amide bonds. The number of hydrogen-bond acceptors (Lipinski definition) is 1. The highest BCUT2D eigenvalue weighted by Gasteiger charge is 1.92. The summed E-state index contributed by atoms with van der Waals surface area (Å²) in [5, 5.41) is 0. The predicted molar refractivity (Wildman–Crippen MR) is 46.1 cm³/mol. The lowest BCUT2D eigenvalue weighted by atomic mass is 10.1. The van der Waals surface area contributed by atoms with E-state index in [9.17, 15) is 0 Å². The van der Waals surface area contributed by atoms with Gasteiger partial charge in [0.1, 0.15) is 5.82 Å². The van der Waals surface area contributed by atoms with Gasteiger partial charge in [0.15, 0.2) is 0 Å². The Kier molecular flexibility index (Phi) is 3.73. The fraction of sp³-hybridized carbons (Fsp3) is 0.556. The van der Waals surface area contributed by atoms with Crippen molar-refractivity contribution in [1.29, 1.82) is 0 Å². The average molecular weight is 151 g/mol. The number of hydrogen-bond donors (Lipinski definition) is 1. The zero-order chi connectivity index (χ0) is 7.94. The number of nitrogens with zero attached hydrogens (tertiary/aromatic N) is 1. The van der Waals surface area contributed by atoms with Crippen LogP contribution in [0, 0.1) is 6.92 Å². The van der Waals surface area contributed by atoms with Crippen molar-refractivity contribution in [3.63, 3.8) is 0 Å². The average Bonchev–Trinajstić information content (AvgIpc) is 2.50. The summed E-state index contributed by atoms with van der Waals surface area (Å²) < 4.78 is 0. The standard InChI is InChI=1S/C9H15N2/c1-2-3-4-5-6-9-10-7-8-11-9/h7-8H,1-6H2,(H,10,11). The molecule has 0 aromatic carbocycles. The zero-order valence-electron chi connectivity index (χ0n) is 6.84. The third-order valence-electron chi connectivity index (χ3n) is 1.72. The molecule has 0 aliphatic rings. The van der Waals surface area contributed by atoms with E-state index in [0.29, 0.717) is 0 Å². The van der Waals surface area contributed by atoms with Gasteiger partial charge in [0.05, 0.1) is 0 Å². The highest BCUT2D eigenvalue weighted by Crippen LogP contribution is 2.02. The van der Waals surface area contributed by atoms with Crippen LogP contribution in [0.1, 0.15) is 31.5 Å². The molecule has 1 rings (SSSR count). The molecule has 11 heavy (non-hydrogen) atoms. The van der Waals surface area contributed by atoms with Gasteiger partial charge in [-0.2, -0.15) is 0 Å². The van der Waals surface area contributed by atoms with Crippen LogP contribution in [0.3, 0.4) is 0 Å². The topological polar surface area (TPSA) is 28.7 Å². The van der Waals surface area contributed by atoms with Gasteiger partial charge in [0, 0.05) is 18.8 Å². The molecule has 1 radical (unpaired) electrons. The lowest BCUT2D eigenvalue weighted by Gasteiger charge is -1.95. The van der Waals surface area contributed by atoms with E-state index in [4.69, 9.17) is 0 Å². The van der Waals surface area contributed by atoms with Gasteiger partial charge in [-0.3, -0.25) is 0 Å². The summed E-state index contributed by atoms with van der Waals surface area (Å²) in [4.78, 5) is 7.23. The molecular formula is C9H15N2. The minimum Gasteiger partial charge on any atom is -0.349 e. The van der Waals surface area contributed by atoms with E-state index in [1.54, 1.807) is 6.20 Å². The second-order valence-electron chi connectivity index (χ2n) is 2.70. The number of H-pyrrole nitrogens is 1. The first-order valence-electron chi connectivity index (χ1n) is 4.21. The Morgan fingerprint density at radius 3 is 2.91 bits per heavy atom. The maximum absolute atomic E-state index is 4.14. The van der Waals surface area contributed by atoms with Crippen molar-refractivity contribution in [3.05, 3.63) is 25.1 Å². The Balaban J connectivity index is 2.04. The summed E-state index contributed by atoms with van der Waals surface area (Å²) in [5.41, 5.74) is 0. The molecule has 0 spiro atoms. The third-order valence-corrected chi connectivity index (χ3v) is 1.72. The molecule has 1 N–H and O–H groups in total. The second kappa shape index (κ2) is 4.94. The lowest BCUT2D eigenvalue weighted by Crippen LogP contribution is -1.87. The van der Waals surface area contributed by atoms with Crippen LogP contribution in [-0.2, 0) is 6.42 Å². The molecule has 0 bridgehead atoms. The maximum Gasteiger partial charge on any atom is 0.105 e. The Hall–Kier alpha value is -0.790. The monoisotopic (exact) mass is 151 g/mol. The van der Waals surface area contributed by atoms with Crippen molar-refractivity contribution in [2.24, 2.45) is 0 Å². The summed E-state index contributed by atoms with van der Waals surface area (Å²) in [7, 11) is 0. The smallest absolute Gasteiger partial charge is 0.105 e. The molecule has 0 aliphatic heterocycles. The van der Waals surface area contributed by atoms with Crippen LogP contribution >= 0.6 is 0 Å². The van der Waals surface area contributed by atoms with Crippen molar-refractivity contribution in [3.8, 4) is 0 Å². The Bertz CT molecular complexity index is 168. The molecule has 0 fully saturated rings. The lowest BCUT2D eigenvalue weighted by molar-refractivity contribution is 0.672. The highest BCUT2D eigenvalue weighted by molar-refractivity contribution is 4.86. The molecule has 0 saturated heterocycles. The number of aryl methyl sites for hydroxylation is 1. The molecule has 0 aliphatic carbocycles. The van der Waals surface area contributed by atoms with Crippen molar-refractivity contribution < 1.29 is 0 Å². The summed E-state index contributed by atoms with van der Waals surface area (Å²) in [5.74, 6) is 1.11. The third kappa shape index (κ3) is 3.21. The van der Waals surface area contributed by atoms with Gasteiger partial charge in [-0.05, 0) is 6.42 Å². The van der Waals surface area contributed by atoms with Crippen LogP contribution in [-0.4, -0.2) is 9.97 Å². The van der Waals surface area contributed by atoms with E-state index in [-0.39, 0.29) is 0 Å². The summed E-state index contributed by atoms with van der Waals surface area (Å²) in [6.45, 7) is 3.80. The first-order chi connectivity index (χ1) is 5.43. The van der Waals surface area contributed by atoms with Crippen molar-refractivity contribution in [2.75, 3.05) is 0 Å². The van der Waals surface area contributed by atoms with Gasteiger partial charge >= 0.3 is 0 Å². The number of rotatable bonds is 5. The molecule has 2 heteroatoms. The summed E-state index contributed by atoms with van der Waals surface area (Å²) in [6.07, 6.45) is 9.53. The minimum absolute atomic E-state index is 1.05. The van der Waals surface area contributed by atoms with Gasteiger partial charge in [0.25, 0.3) is 0 Å². The molecule has 1 aromatic heterocycles. The maximum atomic E-state index is 4.14. The largest absolute Gasteiger partial charge is 0.349 e. The highest BCUT2D eigenvalue weighted by atomic mass is 14.9. The summed E-state index contributed by atoms with van der Waals surface area (Å²) in [6, 6.07) is 0. The number of unbranched alkanes of at least 4 members (excludes halogenated alkanes) is 3. The molecule has 1 aromatic rings. The van der Waals surface area contributed by atoms with E-state index in [1.165, 1.54) is 19.3 Å². The fourth-order valence-electron chi connectivity index (χ4n) is 1.08. The first-order valence-corrected chi connectivity index (χ1v) is 4.21. The van der Waals surface area contributed by atoms with Crippen LogP contribution in [0.5, 0.6) is 0 Å². The molecule has 0 atom stereocenters. The van der Waals surface area contributed by atoms with Crippen molar-refractivity contribution >= 4 is 0 Å². The predicted octanol–water partition coefficient (Wildman–Crippen LogP) is 2.35. The quantitative estimate of drug-likeness (QED) is 0.643. The Morgan fingerprint density at radius 1 is 1.36 bits per heavy atom. The number of aromatic nitrogens is 2. The second-order valence-corrected chi connectivity index (χ2v) is 2.70. The van der Waals surface area contributed by atoms with Gasteiger partial charge in [0.2, 0.25) is 0 Å². The van der Waals surface area contributed by atoms with Crippen LogP contribution in [0.2, 0.25) is 0 Å². The van der Waals surface area contributed by atoms with Crippen LogP contribution in [0.15, 0.2) is 12.4 Å². The Labute approximate surface area is 68.0 Å². The summed E-state index contributed by atoms with van der Waals surface area (Å²) >= 11 is 0. The number of nitrogens with one attached hydrogen (secondary N) is 1. The van der Waals surface area contributed by atoms with Crippen LogP contribution in [0.25, 0.3) is 0 Å². The normalized spacial score (nSPS) is 10.3. The fourth-order valence-corrected chi connectivity index (χ4v) is 1.08. The van der Waals surface area contributed by atoms with Gasteiger partial charge < -0.3 is 4.98 Å². The zero-order valence-corrected chi connectivity index (χ0v) is 6.84. The SMILES string of the molecule is [CH2]CCCCCc1ncc[nH]1. The molecule has 61 valence electrons. The molecular weight excluding hydrogens is 136 g/mol. The minimum atomic E-state index is 1.05. The molecule has 2 nitrogen and oxygen atoms in total. The number of aromatic amines is 1. The van der Waals surface area contributed by atoms with E-state index in [2.05, 4.69) is 16.9 Å². The van der Waals surface area contributed by atoms with E-state index in [0.717, 1.165) is 18.7 Å². The van der Waals surface area contributed by atoms with Crippen LogP contribution < -0.4 is 0 Å². The van der Waals surface area contributed by atoms with Crippen LogP contribution in [0.4, 0.5) is 0 Å². The Morgan fingerprint density at radius 2 is 2.27 bits per heavy atom. The number of imidazole rings is 1. The molecule has 0 saturated carbocycles. The van der Waals surface area contributed by atoms with Crippen molar-refractivity contribution in [2.45, 2.75) is 32.1 Å². The van der Waals surface area contributed by atoms with Gasteiger partial charge in [-0.1, -0.05) is 26.2 Å². The molecule has 0 unspecified atom stereocenters. The molecule has 1 heterocycles. The van der Waals surface area contributed by atoms with Crippen molar-refractivity contribution in [1.82, 2.24) is 9.97 Å². The van der Waals surface area contributed by atoms with Gasteiger partial charge in [-0.15, -0.1) is 0 Å². The first kappa shape index (κ1) is 8.31. The van der Waals surface area contributed by atoms with Gasteiger partial charge in [-0.25, -0.2) is 4.98 Å². The van der Waals surface area contributed by atoms with E-state index in [1.807, 2.05) is 6.20 Å².